The van der Waals surface area contributed by atoms with Crippen molar-refractivity contribution in [2.75, 3.05) is 12.4 Å². The molecule has 0 bridgehead atoms. The number of anilines is 1. The van der Waals surface area contributed by atoms with Crippen LogP contribution in [0.4, 0.5) is 5.69 Å². The van der Waals surface area contributed by atoms with Crippen LogP contribution in [0.3, 0.4) is 0 Å². The van der Waals surface area contributed by atoms with E-state index in [9.17, 15) is 0 Å². The minimum atomic E-state index is 0.235. The van der Waals surface area contributed by atoms with Gasteiger partial charge in [0.25, 0.3) is 0 Å². The van der Waals surface area contributed by atoms with Gasteiger partial charge in [-0.2, -0.15) is 5.10 Å². The molecule has 96 valence electrons. The average Bonchev–Trinajstić information content (AvgIpc) is 2.74. The fraction of sp³-hybridized carbons (Fsp3) is 0.357. The van der Waals surface area contributed by atoms with Gasteiger partial charge in [0, 0.05) is 19.3 Å². The average molecular weight is 245 g/mol. The Hall–Kier alpha value is -1.97. The highest BCUT2D eigenvalue weighted by Crippen LogP contribution is 2.24. The molecule has 1 aromatic carbocycles. The number of nitrogens with zero attached hydrogens (tertiary/aromatic N) is 2. The minimum absolute atomic E-state index is 0.235. The first kappa shape index (κ1) is 12.5. The minimum Gasteiger partial charge on any atom is -0.496 e. The van der Waals surface area contributed by atoms with Gasteiger partial charge in [0.15, 0.2) is 0 Å². The van der Waals surface area contributed by atoms with Gasteiger partial charge in [-0.3, -0.25) is 4.68 Å². The van der Waals surface area contributed by atoms with Gasteiger partial charge in [-0.25, -0.2) is 0 Å². The maximum absolute atomic E-state index is 5.27. The quantitative estimate of drug-likeness (QED) is 0.900. The molecule has 18 heavy (non-hydrogen) atoms. The molecule has 0 aliphatic carbocycles. The van der Waals surface area contributed by atoms with E-state index in [0.29, 0.717) is 0 Å². The molecule has 0 spiro atoms. The number of nitrogens with one attached hydrogen (secondary N) is 1. The summed E-state index contributed by atoms with van der Waals surface area (Å²) in [6.45, 7) is 4.19. The second-order valence-corrected chi connectivity index (χ2v) is 4.50. The monoisotopic (exact) mass is 245 g/mol. The van der Waals surface area contributed by atoms with Crippen LogP contribution in [0, 0.1) is 6.92 Å². The van der Waals surface area contributed by atoms with E-state index in [1.807, 2.05) is 25.5 Å². The van der Waals surface area contributed by atoms with E-state index in [2.05, 4.69) is 36.4 Å². The number of aryl methyl sites for hydroxylation is 2. The van der Waals surface area contributed by atoms with Crippen molar-refractivity contribution in [1.29, 1.82) is 0 Å². The van der Waals surface area contributed by atoms with Crippen molar-refractivity contribution in [2.45, 2.75) is 19.9 Å². The molecule has 1 heterocycles. The maximum atomic E-state index is 5.27. The van der Waals surface area contributed by atoms with Crippen molar-refractivity contribution in [3.05, 3.63) is 41.7 Å². The summed E-state index contributed by atoms with van der Waals surface area (Å²) in [7, 11) is 3.60. The van der Waals surface area contributed by atoms with Crippen molar-refractivity contribution >= 4 is 5.69 Å². The lowest BCUT2D eigenvalue weighted by atomic mass is 10.0. The molecule has 1 atom stereocenters. The van der Waals surface area contributed by atoms with Gasteiger partial charge in [-0.15, -0.1) is 0 Å². The Bertz CT molecular complexity index is 534. The summed E-state index contributed by atoms with van der Waals surface area (Å²) in [6.07, 6.45) is 3.79. The van der Waals surface area contributed by atoms with Crippen LogP contribution in [0.25, 0.3) is 0 Å². The summed E-state index contributed by atoms with van der Waals surface area (Å²) < 4.78 is 7.05. The SMILES string of the molecule is COc1ccc(C(C)Nc2cnn(C)c2)cc1C. The predicted molar refractivity (Wildman–Crippen MR) is 73.0 cm³/mol. The molecule has 2 rings (SSSR count). The fourth-order valence-electron chi connectivity index (χ4n) is 2.00. The lowest BCUT2D eigenvalue weighted by molar-refractivity contribution is 0.411. The molecule has 0 amide bonds. The van der Waals surface area contributed by atoms with Crippen LogP contribution >= 0.6 is 0 Å². The molecule has 0 radical (unpaired) electrons. The van der Waals surface area contributed by atoms with Crippen molar-refractivity contribution in [3.63, 3.8) is 0 Å². The molecule has 0 aliphatic heterocycles. The van der Waals surface area contributed by atoms with Gasteiger partial charge < -0.3 is 10.1 Å². The van der Waals surface area contributed by atoms with Crippen molar-refractivity contribution in [3.8, 4) is 5.75 Å². The summed E-state index contributed by atoms with van der Waals surface area (Å²) in [5, 5.41) is 7.56. The summed E-state index contributed by atoms with van der Waals surface area (Å²) in [5.41, 5.74) is 3.41. The Kier molecular flexibility index (Phi) is 3.55. The van der Waals surface area contributed by atoms with Crippen LogP contribution in [0.2, 0.25) is 0 Å². The lowest BCUT2D eigenvalue weighted by Gasteiger charge is -2.15. The predicted octanol–water partition coefficient (Wildman–Crippen LogP) is 2.91. The van der Waals surface area contributed by atoms with E-state index in [0.717, 1.165) is 17.0 Å². The third-order valence-electron chi connectivity index (χ3n) is 3.01. The second-order valence-electron chi connectivity index (χ2n) is 4.50. The van der Waals surface area contributed by atoms with E-state index < -0.39 is 0 Å². The molecule has 4 heteroatoms. The zero-order valence-electron chi connectivity index (χ0n) is 11.3. The van der Waals surface area contributed by atoms with Gasteiger partial charge in [0.2, 0.25) is 0 Å². The molecule has 1 N–H and O–H groups in total. The zero-order chi connectivity index (χ0) is 13.1. The number of aromatic nitrogens is 2. The lowest BCUT2D eigenvalue weighted by Crippen LogP contribution is -2.06. The first-order valence-corrected chi connectivity index (χ1v) is 6.00. The van der Waals surface area contributed by atoms with Crippen molar-refractivity contribution in [2.24, 2.45) is 7.05 Å². The maximum Gasteiger partial charge on any atom is 0.121 e. The van der Waals surface area contributed by atoms with Crippen LogP contribution < -0.4 is 10.1 Å². The normalized spacial score (nSPS) is 12.2. The van der Waals surface area contributed by atoms with Gasteiger partial charge >= 0.3 is 0 Å². The summed E-state index contributed by atoms with van der Waals surface area (Å²) in [4.78, 5) is 0. The first-order chi connectivity index (χ1) is 8.60. The molecule has 1 unspecified atom stereocenters. The number of hydrogen-bond acceptors (Lipinski definition) is 3. The molecule has 2 aromatic rings. The smallest absolute Gasteiger partial charge is 0.121 e. The highest BCUT2D eigenvalue weighted by Gasteiger charge is 2.08. The number of ether oxygens (including phenoxy) is 1. The van der Waals surface area contributed by atoms with E-state index >= 15 is 0 Å². The number of hydrogen-bond donors (Lipinski definition) is 1. The van der Waals surface area contributed by atoms with Crippen LogP contribution in [-0.2, 0) is 7.05 Å². The molecular weight excluding hydrogens is 226 g/mol. The van der Waals surface area contributed by atoms with Gasteiger partial charge in [-0.1, -0.05) is 12.1 Å². The third kappa shape index (κ3) is 2.64. The number of benzene rings is 1. The Morgan fingerprint density at radius 3 is 2.72 bits per heavy atom. The molecule has 4 nitrogen and oxygen atoms in total. The van der Waals surface area contributed by atoms with Crippen molar-refractivity contribution in [1.82, 2.24) is 9.78 Å². The Labute approximate surface area is 108 Å². The molecule has 0 fully saturated rings. The molecular formula is C14H19N3O. The van der Waals surface area contributed by atoms with Gasteiger partial charge in [0.05, 0.1) is 19.0 Å². The largest absolute Gasteiger partial charge is 0.496 e. The molecule has 0 aliphatic rings. The zero-order valence-corrected chi connectivity index (χ0v) is 11.3. The highest BCUT2D eigenvalue weighted by molar-refractivity contribution is 5.44. The molecule has 0 saturated heterocycles. The standard InChI is InChI=1S/C14H19N3O/c1-10-7-12(5-6-14(10)18-4)11(2)16-13-8-15-17(3)9-13/h5-9,11,16H,1-4H3. The first-order valence-electron chi connectivity index (χ1n) is 6.00. The number of methoxy groups -OCH3 is 1. The Balaban J connectivity index is 2.13. The third-order valence-corrected chi connectivity index (χ3v) is 3.01. The van der Waals surface area contributed by atoms with E-state index in [1.165, 1.54) is 5.56 Å². The fourth-order valence-corrected chi connectivity index (χ4v) is 2.00. The van der Waals surface area contributed by atoms with Crippen LogP contribution in [0.15, 0.2) is 30.6 Å². The Morgan fingerprint density at radius 1 is 1.39 bits per heavy atom. The second kappa shape index (κ2) is 5.12. The van der Waals surface area contributed by atoms with E-state index in [-0.39, 0.29) is 6.04 Å². The summed E-state index contributed by atoms with van der Waals surface area (Å²) in [6, 6.07) is 6.47. The summed E-state index contributed by atoms with van der Waals surface area (Å²) >= 11 is 0. The van der Waals surface area contributed by atoms with Gasteiger partial charge in [-0.05, 0) is 31.0 Å². The van der Waals surface area contributed by atoms with Crippen LogP contribution in [0.1, 0.15) is 24.1 Å². The number of rotatable bonds is 4. The van der Waals surface area contributed by atoms with E-state index in [1.54, 1.807) is 11.8 Å². The molecule has 0 saturated carbocycles. The van der Waals surface area contributed by atoms with Crippen molar-refractivity contribution < 1.29 is 4.74 Å². The highest BCUT2D eigenvalue weighted by atomic mass is 16.5. The topological polar surface area (TPSA) is 39.1 Å². The molecule has 1 aromatic heterocycles. The summed E-state index contributed by atoms with van der Waals surface area (Å²) in [5.74, 6) is 0.923. The van der Waals surface area contributed by atoms with E-state index in [4.69, 9.17) is 4.74 Å². The Morgan fingerprint density at radius 2 is 2.17 bits per heavy atom. The van der Waals surface area contributed by atoms with Gasteiger partial charge in [0.1, 0.15) is 5.75 Å². The van der Waals surface area contributed by atoms with Crippen LogP contribution in [-0.4, -0.2) is 16.9 Å². The van der Waals surface area contributed by atoms with Crippen LogP contribution in [0.5, 0.6) is 5.75 Å².